The van der Waals surface area contributed by atoms with Gasteiger partial charge < -0.3 is 4.74 Å². The molecule has 1 heterocycles. The number of carbonyl (C=O) groups is 2. The molecule has 0 unspecified atom stereocenters. The SMILES string of the molecule is Cc1cc(C(=O)CSCC(=O)OC(C)(C)C)c(C)s1. The van der Waals surface area contributed by atoms with Crippen LogP contribution in [0.25, 0.3) is 0 Å². The third kappa shape index (κ3) is 5.78. The van der Waals surface area contributed by atoms with E-state index in [0.29, 0.717) is 5.75 Å². The normalized spacial score (nSPS) is 11.4. The first-order valence-corrected chi connectivity index (χ1v) is 8.06. The molecule has 0 aromatic carbocycles. The molecule has 0 radical (unpaired) electrons. The Morgan fingerprint density at radius 1 is 1.26 bits per heavy atom. The highest BCUT2D eigenvalue weighted by molar-refractivity contribution is 8.00. The number of ketones is 1. The summed E-state index contributed by atoms with van der Waals surface area (Å²) in [5.74, 6) is 0.334. The second-order valence-electron chi connectivity index (χ2n) is 5.33. The van der Waals surface area contributed by atoms with Crippen LogP contribution in [0.2, 0.25) is 0 Å². The maximum absolute atomic E-state index is 12.0. The molecule has 3 nitrogen and oxygen atoms in total. The van der Waals surface area contributed by atoms with Crippen LogP contribution in [0, 0.1) is 13.8 Å². The molecule has 0 N–H and O–H groups in total. The van der Waals surface area contributed by atoms with E-state index in [1.165, 1.54) is 11.8 Å². The van der Waals surface area contributed by atoms with Gasteiger partial charge in [-0.15, -0.1) is 23.1 Å². The molecular formula is C14H20O3S2. The number of esters is 1. The Morgan fingerprint density at radius 2 is 1.89 bits per heavy atom. The molecule has 5 heteroatoms. The van der Waals surface area contributed by atoms with Gasteiger partial charge in [-0.3, -0.25) is 9.59 Å². The van der Waals surface area contributed by atoms with E-state index in [1.54, 1.807) is 11.3 Å². The zero-order valence-electron chi connectivity index (χ0n) is 12.0. The molecule has 0 aliphatic heterocycles. The van der Waals surface area contributed by atoms with Crippen LogP contribution in [0.15, 0.2) is 6.07 Å². The number of thiophene rings is 1. The quantitative estimate of drug-likeness (QED) is 0.615. The third-order valence-corrected chi connectivity index (χ3v) is 4.09. The van der Waals surface area contributed by atoms with E-state index < -0.39 is 5.60 Å². The van der Waals surface area contributed by atoms with Gasteiger partial charge in [0.25, 0.3) is 0 Å². The molecule has 0 saturated carbocycles. The van der Waals surface area contributed by atoms with Crippen molar-refractivity contribution in [1.29, 1.82) is 0 Å². The van der Waals surface area contributed by atoms with Crippen molar-refractivity contribution in [3.05, 3.63) is 21.4 Å². The molecule has 0 saturated heterocycles. The van der Waals surface area contributed by atoms with E-state index in [0.717, 1.165) is 15.3 Å². The summed E-state index contributed by atoms with van der Waals surface area (Å²) in [6.07, 6.45) is 0. The summed E-state index contributed by atoms with van der Waals surface area (Å²) in [7, 11) is 0. The van der Waals surface area contributed by atoms with Crippen LogP contribution >= 0.6 is 23.1 Å². The maximum atomic E-state index is 12.0. The molecule has 1 rings (SSSR count). The first kappa shape index (κ1) is 16.2. The minimum Gasteiger partial charge on any atom is -0.459 e. The molecule has 0 aliphatic carbocycles. The fourth-order valence-corrected chi connectivity index (χ4v) is 3.19. The Morgan fingerprint density at radius 3 is 2.37 bits per heavy atom. The predicted molar refractivity (Wildman–Crippen MR) is 81.3 cm³/mol. The molecule has 0 amide bonds. The number of aryl methyl sites for hydroxylation is 2. The monoisotopic (exact) mass is 300 g/mol. The molecular weight excluding hydrogens is 280 g/mol. The first-order chi connectivity index (χ1) is 8.69. The highest BCUT2D eigenvalue weighted by Gasteiger charge is 2.17. The van der Waals surface area contributed by atoms with Gasteiger partial charge in [-0.25, -0.2) is 0 Å². The van der Waals surface area contributed by atoms with Crippen LogP contribution in [0.1, 0.15) is 40.9 Å². The van der Waals surface area contributed by atoms with E-state index in [-0.39, 0.29) is 17.5 Å². The Labute approximate surface area is 122 Å². The zero-order chi connectivity index (χ0) is 14.6. The number of Topliss-reactive ketones (excluding diaryl/α,β-unsaturated/α-hetero) is 1. The largest absolute Gasteiger partial charge is 0.459 e. The van der Waals surface area contributed by atoms with Gasteiger partial charge in [0.05, 0.1) is 11.5 Å². The fourth-order valence-electron chi connectivity index (χ4n) is 1.58. The highest BCUT2D eigenvalue weighted by Crippen LogP contribution is 2.22. The van der Waals surface area contributed by atoms with E-state index >= 15 is 0 Å². The van der Waals surface area contributed by atoms with Crippen LogP contribution < -0.4 is 0 Å². The van der Waals surface area contributed by atoms with Crippen molar-refractivity contribution in [2.24, 2.45) is 0 Å². The van der Waals surface area contributed by atoms with E-state index in [2.05, 4.69) is 0 Å². The number of hydrogen-bond donors (Lipinski definition) is 0. The van der Waals surface area contributed by atoms with Gasteiger partial charge in [0.1, 0.15) is 5.60 Å². The number of rotatable bonds is 5. The Kier molecular flexibility index (Phi) is 5.62. The number of carbonyl (C=O) groups excluding carboxylic acids is 2. The molecule has 1 aromatic rings. The topological polar surface area (TPSA) is 43.4 Å². The van der Waals surface area contributed by atoms with Gasteiger partial charge in [-0.05, 0) is 40.7 Å². The molecule has 0 fully saturated rings. The van der Waals surface area contributed by atoms with Crippen molar-refractivity contribution in [3.8, 4) is 0 Å². The Balaban J connectivity index is 2.40. The van der Waals surface area contributed by atoms with Gasteiger partial charge in [0.15, 0.2) is 5.78 Å². The number of ether oxygens (including phenoxy) is 1. The third-order valence-electron chi connectivity index (χ3n) is 2.21. The summed E-state index contributed by atoms with van der Waals surface area (Å²) in [5.41, 5.74) is 0.307. The van der Waals surface area contributed by atoms with Crippen molar-refractivity contribution in [1.82, 2.24) is 0 Å². The van der Waals surface area contributed by atoms with E-state index in [4.69, 9.17) is 4.74 Å². The molecule has 0 bridgehead atoms. The predicted octanol–water partition coefficient (Wildman–Crippen LogP) is 3.62. The first-order valence-electron chi connectivity index (χ1n) is 6.09. The van der Waals surface area contributed by atoms with Crippen molar-refractivity contribution in [2.45, 2.75) is 40.2 Å². The molecule has 19 heavy (non-hydrogen) atoms. The van der Waals surface area contributed by atoms with Crippen LogP contribution in [0.4, 0.5) is 0 Å². The lowest BCUT2D eigenvalue weighted by Crippen LogP contribution is -2.25. The van der Waals surface area contributed by atoms with E-state index in [1.807, 2.05) is 40.7 Å². The minimum absolute atomic E-state index is 0.0791. The van der Waals surface area contributed by atoms with Gasteiger partial charge >= 0.3 is 5.97 Å². The molecule has 0 spiro atoms. The molecule has 1 aromatic heterocycles. The summed E-state index contributed by atoms with van der Waals surface area (Å²) in [5, 5.41) is 0. The average molecular weight is 300 g/mol. The number of thioether (sulfide) groups is 1. The summed E-state index contributed by atoms with van der Waals surface area (Å²) in [6, 6.07) is 1.91. The second-order valence-corrected chi connectivity index (χ2v) is 7.78. The van der Waals surface area contributed by atoms with Crippen molar-refractivity contribution < 1.29 is 14.3 Å². The summed E-state index contributed by atoms with van der Waals surface area (Å²) in [4.78, 5) is 25.7. The standard InChI is InChI=1S/C14H20O3S2/c1-9-6-11(10(2)19-9)12(15)7-18-8-13(16)17-14(3,4)5/h6H,7-8H2,1-5H3. The van der Waals surface area contributed by atoms with Crippen LogP contribution in [-0.2, 0) is 9.53 Å². The highest BCUT2D eigenvalue weighted by atomic mass is 32.2. The van der Waals surface area contributed by atoms with Crippen LogP contribution in [-0.4, -0.2) is 28.9 Å². The van der Waals surface area contributed by atoms with Gasteiger partial charge in [-0.2, -0.15) is 0 Å². The molecule has 0 atom stereocenters. The molecule has 106 valence electrons. The maximum Gasteiger partial charge on any atom is 0.316 e. The van der Waals surface area contributed by atoms with Gasteiger partial charge in [0.2, 0.25) is 0 Å². The number of hydrogen-bond acceptors (Lipinski definition) is 5. The molecule has 0 aliphatic rings. The fraction of sp³-hybridized carbons (Fsp3) is 0.571. The lowest BCUT2D eigenvalue weighted by atomic mass is 10.2. The van der Waals surface area contributed by atoms with Crippen LogP contribution in [0.3, 0.4) is 0 Å². The van der Waals surface area contributed by atoms with Gasteiger partial charge in [0, 0.05) is 15.3 Å². The minimum atomic E-state index is -0.470. The van der Waals surface area contributed by atoms with Crippen molar-refractivity contribution >= 4 is 34.9 Å². The summed E-state index contributed by atoms with van der Waals surface area (Å²) < 4.78 is 5.18. The average Bonchev–Trinajstić information content (AvgIpc) is 2.55. The Bertz CT molecular complexity index is 470. The zero-order valence-corrected chi connectivity index (χ0v) is 13.7. The van der Waals surface area contributed by atoms with E-state index in [9.17, 15) is 9.59 Å². The van der Waals surface area contributed by atoms with Crippen molar-refractivity contribution in [2.75, 3.05) is 11.5 Å². The Hall–Kier alpha value is -0.810. The summed E-state index contributed by atoms with van der Waals surface area (Å²) in [6.45, 7) is 9.43. The lowest BCUT2D eigenvalue weighted by Gasteiger charge is -2.19. The smallest absolute Gasteiger partial charge is 0.316 e. The lowest BCUT2D eigenvalue weighted by molar-refractivity contribution is -0.151. The van der Waals surface area contributed by atoms with Crippen molar-refractivity contribution in [3.63, 3.8) is 0 Å². The summed E-state index contributed by atoms with van der Waals surface area (Å²) >= 11 is 2.93. The van der Waals surface area contributed by atoms with Crippen LogP contribution in [0.5, 0.6) is 0 Å². The van der Waals surface area contributed by atoms with Gasteiger partial charge in [-0.1, -0.05) is 0 Å². The second kappa shape index (κ2) is 6.57.